The monoisotopic (exact) mass is 311 g/mol. The summed E-state index contributed by atoms with van der Waals surface area (Å²) in [6.07, 6.45) is 0.112. The maximum atomic E-state index is 12.5. The number of ether oxygens (including phenoxy) is 1. The second-order valence-electron chi connectivity index (χ2n) is 6.20. The molecule has 23 heavy (non-hydrogen) atoms. The molecule has 0 saturated heterocycles. The van der Waals surface area contributed by atoms with Gasteiger partial charge in [-0.3, -0.25) is 4.79 Å². The van der Waals surface area contributed by atoms with E-state index in [4.69, 9.17) is 4.74 Å². The fraction of sp³-hybridized carbons (Fsp3) is 0.350. The van der Waals surface area contributed by atoms with Crippen LogP contribution in [0.25, 0.3) is 0 Å². The Morgan fingerprint density at radius 1 is 0.913 bits per heavy atom. The number of hydrogen-bond donors (Lipinski definition) is 1. The van der Waals surface area contributed by atoms with Crippen molar-refractivity contribution in [2.45, 2.75) is 47.1 Å². The molecule has 0 heterocycles. The Morgan fingerprint density at radius 2 is 1.39 bits per heavy atom. The van der Waals surface area contributed by atoms with Crippen LogP contribution < -0.4 is 10.1 Å². The molecule has 0 radical (unpaired) electrons. The zero-order valence-corrected chi connectivity index (χ0v) is 14.6. The molecule has 2 aromatic rings. The second kappa shape index (κ2) is 7.32. The van der Waals surface area contributed by atoms with Crippen LogP contribution in [0.5, 0.6) is 5.75 Å². The molecule has 0 aliphatic carbocycles. The predicted octanol–water partition coefficient (Wildman–Crippen LogP) is 4.72. The Morgan fingerprint density at radius 3 is 1.87 bits per heavy atom. The van der Waals surface area contributed by atoms with Crippen LogP contribution in [-0.2, 0) is 4.79 Å². The maximum Gasteiger partial charge on any atom is 0.265 e. The van der Waals surface area contributed by atoms with Gasteiger partial charge in [-0.1, -0.05) is 19.1 Å². The third kappa shape index (κ3) is 4.85. The summed E-state index contributed by atoms with van der Waals surface area (Å²) in [5.74, 6) is 0.626. The highest BCUT2D eigenvalue weighted by Crippen LogP contribution is 2.20. The summed E-state index contributed by atoms with van der Waals surface area (Å²) in [5, 5.41) is 2.96. The van der Waals surface area contributed by atoms with Gasteiger partial charge < -0.3 is 10.1 Å². The molecule has 2 aromatic carbocycles. The van der Waals surface area contributed by atoms with Gasteiger partial charge in [0.15, 0.2) is 6.10 Å². The summed E-state index contributed by atoms with van der Waals surface area (Å²) >= 11 is 0. The predicted molar refractivity (Wildman–Crippen MR) is 95.2 cm³/mol. The maximum absolute atomic E-state index is 12.5. The van der Waals surface area contributed by atoms with Crippen LogP contribution in [-0.4, -0.2) is 12.0 Å². The number of rotatable bonds is 5. The van der Waals surface area contributed by atoms with Crippen molar-refractivity contribution >= 4 is 11.6 Å². The molecule has 0 bridgehead atoms. The Kier molecular flexibility index (Phi) is 5.43. The van der Waals surface area contributed by atoms with E-state index in [1.54, 1.807) is 0 Å². The van der Waals surface area contributed by atoms with Gasteiger partial charge in [0, 0.05) is 5.69 Å². The number of carbonyl (C=O) groups excluding carboxylic acids is 1. The summed E-state index contributed by atoms with van der Waals surface area (Å²) in [5.41, 5.74) is 5.33. The molecule has 0 spiro atoms. The van der Waals surface area contributed by atoms with Crippen LogP contribution >= 0.6 is 0 Å². The van der Waals surface area contributed by atoms with Gasteiger partial charge in [0.2, 0.25) is 0 Å². The number of amides is 1. The van der Waals surface area contributed by atoms with Gasteiger partial charge in [0.25, 0.3) is 5.91 Å². The number of nitrogens with one attached hydrogen (secondary N) is 1. The van der Waals surface area contributed by atoms with Gasteiger partial charge in [-0.15, -0.1) is 0 Å². The molecule has 0 fully saturated rings. The average Bonchev–Trinajstić information content (AvgIpc) is 2.42. The van der Waals surface area contributed by atoms with Gasteiger partial charge in [-0.05, 0) is 80.6 Å². The minimum Gasteiger partial charge on any atom is -0.481 e. The molecular formula is C20H25NO2. The molecule has 1 N–H and O–H groups in total. The first-order valence-corrected chi connectivity index (χ1v) is 8.01. The van der Waals surface area contributed by atoms with Gasteiger partial charge >= 0.3 is 0 Å². The Hall–Kier alpha value is -2.29. The van der Waals surface area contributed by atoms with E-state index < -0.39 is 6.10 Å². The van der Waals surface area contributed by atoms with Crippen molar-refractivity contribution < 1.29 is 9.53 Å². The Balaban J connectivity index is 2.11. The highest BCUT2D eigenvalue weighted by molar-refractivity contribution is 5.94. The standard InChI is InChI=1S/C20H25NO2/c1-6-19(23-18-11-15(4)8-16(5)12-18)20(22)21-17-9-13(2)7-14(3)10-17/h7-12,19H,6H2,1-5H3,(H,21,22). The van der Waals surface area contributed by atoms with Crippen LogP contribution in [0.2, 0.25) is 0 Å². The number of benzene rings is 2. The molecule has 1 unspecified atom stereocenters. The van der Waals surface area contributed by atoms with Crippen LogP contribution in [0.15, 0.2) is 36.4 Å². The lowest BCUT2D eigenvalue weighted by Crippen LogP contribution is -2.32. The third-order valence-corrected chi connectivity index (χ3v) is 3.63. The van der Waals surface area contributed by atoms with E-state index in [-0.39, 0.29) is 5.91 Å². The lowest BCUT2D eigenvalue weighted by Gasteiger charge is -2.18. The quantitative estimate of drug-likeness (QED) is 0.868. The lowest BCUT2D eigenvalue weighted by molar-refractivity contribution is -0.122. The van der Waals surface area contributed by atoms with E-state index in [1.165, 1.54) is 0 Å². The SMILES string of the molecule is CCC(Oc1cc(C)cc(C)c1)C(=O)Nc1cc(C)cc(C)c1. The summed E-state index contributed by atoms with van der Waals surface area (Å²) < 4.78 is 5.91. The molecule has 0 aliphatic rings. The van der Waals surface area contributed by atoms with Gasteiger partial charge in [-0.25, -0.2) is 0 Å². The van der Waals surface area contributed by atoms with E-state index in [9.17, 15) is 4.79 Å². The average molecular weight is 311 g/mol. The highest BCUT2D eigenvalue weighted by Gasteiger charge is 2.19. The van der Waals surface area contributed by atoms with E-state index >= 15 is 0 Å². The first kappa shape index (κ1) is 17.1. The fourth-order valence-corrected chi connectivity index (χ4v) is 2.76. The van der Waals surface area contributed by atoms with E-state index in [0.717, 1.165) is 33.7 Å². The molecule has 3 nitrogen and oxygen atoms in total. The molecule has 2 rings (SSSR count). The number of hydrogen-bond acceptors (Lipinski definition) is 2. The minimum absolute atomic E-state index is 0.114. The van der Waals surface area contributed by atoms with Gasteiger partial charge in [0.05, 0.1) is 0 Å². The molecule has 1 amide bonds. The fourth-order valence-electron chi connectivity index (χ4n) is 2.76. The smallest absolute Gasteiger partial charge is 0.265 e. The van der Waals surface area contributed by atoms with Gasteiger partial charge in [-0.2, -0.15) is 0 Å². The van der Waals surface area contributed by atoms with Crippen molar-refractivity contribution in [2.24, 2.45) is 0 Å². The third-order valence-electron chi connectivity index (χ3n) is 3.63. The lowest BCUT2D eigenvalue weighted by atomic mass is 10.1. The molecule has 1 atom stereocenters. The normalized spacial score (nSPS) is 11.9. The molecule has 0 saturated carbocycles. The van der Waals surface area contributed by atoms with Gasteiger partial charge in [0.1, 0.15) is 5.75 Å². The summed E-state index contributed by atoms with van der Waals surface area (Å²) in [7, 11) is 0. The van der Waals surface area contributed by atoms with Crippen LogP contribution in [0.1, 0.15) is 35.6 Å². The zero-order chi connectivity index (χ0) is 17.0. The largest absolute Gasteiger partial charge is 0.481 e. The topological polar surface area (TPSA) is 38.3 Å². The van der Waals surface area contributed by atoms with E-state index in [0.29, 0.717) is 6.42 Å². The highest BCUT2D eigenvalue weighted by atomic mass is 16.5. The molecule has 0 aromatic heterocycles. The number of aryl methyl sites for hydroxylation is 4. The van der Waals surface area contributed by atoms with Crippen molar-refractivity contribution in [2.75, 3.05) is 5.32 Å². The minimum atomic E-state index is -0.503. The van der Waals surface area contributed by atoms with Crippen molar-refractivity contribution in [3.8, 4) is 5.75 Å². The number of anilines is 1. The van der Waals surface area contributed by atoms with Crippen molar-refractivity contribution in [3.05, 3.63) is 58.7 Å². The Labute approximate surface area is 138 Å². The Bertz CT molecular complexity index is 666. The van der Waals surface area contributed by atoms with Crippen LogP contribution in [0, 0.1) is 27.7 Å². The molecular weight excluding hydrogens is 286 g/mol. The van der Waals surface area contributed by atoms with Crippen LogP contribution in [0.3, 0.4) is 0 Å². The number of carbonyl (C=O) groups is 1. The van der Waals surface area contributed by atoms with Crippen molar-refractivity contribution in [1.29, 1.82) is 0 Å². The second-order valence-corrected chi connectivity index (χ2v) is 6.20. The summed E-state index contributed by atoms with van der Waals surface area (Å²) in [6, 6.07) is 12.0. The molecule has 3 heteroatoms. The molecule has 0 aliphatic heterocycles. The van der Waals surface area contributed by atoms with E-state index in [2.05, 4.69) is 17.4 Å². The first-order valence-electron chi connectivity index (χ1n) is 8.01. The van der Waals surface area contributed by atoms with Crippen molar-refractivity contribution in [3.63, 3.8) is 0 Å². The first-order chi connectivity index (χ1) is 10.9. The molecule has 122 valence electrons. The zero-order valence-electron chi connectivity index (χ0n) is 14.6. The van der Waals surface area contributed by atoms with Crippen LogP contribution in [0.4, 0.5) is 5.69 Å². The summed E-state index contributed by atoms with van der Waals surface area (Å²) in [6.45, 7) is 10.0. The van der Waals surface area contributed by atoms with Crippen molar-refractivity contribution in [1.82, 2.24) is 0 Å². The van der Waals surface area contributed by atoms with E-state index in [1.807, 2.05) is 58.9 Å². The summed E-state index contributed by atoms with van der Waals surface area (Å²) in [4.78, 5) is 12.5.